The minimum absolute atomic E-state index is 0.0368. The van der Waals surface area contributed by atoms with Crippen molar-refractivity contribution in [3.63, 3.8) is 0 Å². The molecule has 114 valence electrons. The third-order valence-electron chi connectivity index (χ3n) is 4.30. The number of hydrogen-bond donors (Lipinski definition) is 1. The monoisotopic (exact) mass is 289 g/mol. The quantitative estimate of drug-likeness (QED) is 0.817. The van der Waals surface area contributed by atoms with Crippen LogP contribution in [0.25, 0.3) is 0 Å². The van der Waals surface area contributed by atoms with E-state index in [1.54, 1.807) is 6.92 Å². The van der Waals surface area contributed by atoms with Gasteiger partial charge < -0.3 is 10.1 Å². The zero-order chi connectivity index (χ0) is 15.3. The highest BCUT2D eigenvalue weighted by molar-refractivity contribution is 5.73. The van der Waals surface area contributed by atoms with Gasteiger partial charge >= 0.3 is 5.97 Å². The van der Waals surface area contributed by atoms with Crippen LogP contribution in [0, 0.1) is 5.41 Å². The van der Waals surface area contributed by atoms with Gasteiger partial charge in [-0.2, -0.15) is 0 Å². The first kappa shape index (κ1) is 15.5. The zero-order valence-corrected chi connectivity index (χ0v) is 12.8. The Morgan fingerprint density at radius 3 is 2.29 bits per heavy atom. The second-order valence-electron chi connectivity index (χ2n) is 6.01. The highest BCUT2D eigenvalue weighted by Gasteiger charge is 2.36. The second kappa shape index (κ2) is 6.74. The van der Waals surface area contributed by atoms with Gasteiger partial charge in [-0.15, -0.1) is 0 Å². The van der Waals surface area contributed by atoms with E-state index in [1.807, 2.05) is 12.1 Å². The van der Waals surface area contributed by atoms with Crippen molar-refractivity contribution in [3.8, 4) is 0 Å². The van der Waals surface area contributed by atoms with Gasteiger partial charge in [-0.05, 0) is 35.8 Å². The lowest BCUT2D eigenvalue weighted by atomic mass is 9.65. The molecule has 4 heteroatoms. The topological polar surface area (TPSA) is 55.4 Å². The van der Waals surface area contributed by atoms with Crippen LogP contribution in [0.1, 0.15) is 37.3 Å². The number of methoxy groups -OCH3 is 1. The largest absolute Gasteiger partial charge is 0.469 e. The van der Waals surface area contributed by atoms with Crippen LogP contribution in [0.4, 0.5) is 0 Å². The standard InChI is InChI=1S/C17H23NO3/c1-13(19)18-12-17(8-3-9-17)11-15-6-4-14(5-7-15)10-16(20)21-2/h4-7H,3,8-12H2,1-2H3,(H,18,19). The third-order valence-corrected chi connectivity index (χ3v) is 4.30. The second-order valence-corrected chi connectivity index (χ2v) is 6.01. The number of ether oxygens (including phenoxy) is 1. The smallest absolute Gasteiger partial charge is 0.309 e. The van der Waals surface area contributed by atoms with Crippen LogP contribution in [0.2, 0.25) is 0 Å². The van der Waals surface area contributed by atoms with E-state index in [-0.39, 0.29) is 17.3 Å². The molecule has 2 rings (SSSR count). The number of nitrogens with one attached hydrogen (secondary N) is 1. The van der Waals surface area contributed by atoms with Crippen LogP contribution in [-0.2, 0) is 27.2 Å². The van der Waals surface area contributed by atoms with E-state index in [1.165, 1.54) is 19.1 Å². The average molecular weight is 289 g/mol. The van der Waals surface area contributed by atoms with Crippen LogP contribution in [0.5, 0.6) is 0 Å². The Morgan fingerprint density at radius 1 is 1.19 bits per heavy atom. The molecular formula is C17H23NO3. The maximum absolute atomic E-state index is 11.2. The molecule has 1 N–H and O–H groups in total. The summed E-state index contributed by atoms with van der Waals surface area (Å²) in [6.07, 6.45) is 4.86. The molecule has 0 radical (unpaired) electrons. The van der Waals surface area contributed by atoms with Crippen LogP contribution in [0.15, 0.2) is 24.3 Å². The molecule has 21 heavy (non-hydrogen) atoms. The fraction of sp³-hybridized carbons (Fsp3) is 0.529. The van der Waals surface area contributed by atoms with E-state index in [0.717, 1.165) is 31.4 Å². The molecule has 1 amide bonds. The first-order valence-corrected chi connectivity index (χ1v) is 7.42. The summed E-state index contributed by atoms with van der Waals surface area (Å²) in [4.78, 5) is 22.3. The molecule has 0 aliphatic heterocycles. The van der Waals surface area contributed by atoms with Crippen LogP contribution < -0.4 is 5.32 Å². The zero-order valence-electron chi connectivity index (χ0n) is 12.8. The van der Waals surface area contributed by atoms with Crippen molar-refractivity contribution in [2.45, 2.75) is 39.0 Å². The lowest BCUT2D eigenvalue weighted by Crippen LogP contribution is -2.43. The van der Waals surface area contributed by atoms with Gasteiger partial charge in [-0.3, -0.25) is 9.59 Å². The van der Waals surface area contributed by atoms with E-state index in [4.69, 9.17) is 0 Å². The number of carbonyl (C=O) groups excluding carboxylic acids is 2. The van der Waals surface area contributed by atoms with Gasteiger partial charge in [0.1, 0.15) is 0 Å². The molecule has 1 aromatic carbocycles. The molecule has 1 saturated carbocycles. The fourth-order valence-corrected chi connectivity index (χ4v) is 2.85. The molecule has 1 aliphatic rings. The van der Waals surface area contributed by atoms with Crippen molar-refractivity contribution in [1.29, 1.82) is 0 Å². The van der Waals surface area contributed by atoms with E-state index in [9.17, 15) is 9.59 Å². The summed E-state index contributed by atoms with van der Waals surface area (Å²) in [7, 11) is 1.40. The number of esters is 1. The van der Waals surface area contributed by atoms with Crippen molar-refractivity contribution in [1.82, 2.24) is 5.32 Å². The van der Waals surface area contributed by atoms with Crippen molar-refractivity contribution < 1.29 is 14.3 Å². The Balaban J connectivity index is 1.95. The van der Waals surface area contributed by atoms with Crippen LogP contribution in [0.3, 0.4) is 0 Å². The average Bonchev–Trinajstić information content (AvgIpc) is 2.43. The highest BCUT2D eigenvalue weighted by Crippen LogP contribution is 2.43. The maximum Gasteiger partial charge on any atom is 0.309 e. The number of carbonyl (C=O) groups is 2. The van der Waals surface area contributed by atoms with E-state index >= 15 is 0 Å². The summed E-state index contributed by atoms with van der Waals surface area (Å²) in [6, 6.07) is 8.12. The number of amides is 1. The summed E-state index contributed by atoms with van der Waals surface area (Å²) < 4.78 is 4.67. The Morgan fingerprint density at radius 2 is 1.81 bits per heavy atom. The number of benzene rings is 1. The molecule has 1 aromatic rings. The first-order valence-electron chi connectivity index (χ1n) is 7.42. The SMILES string of the molecule is COC(=O)Cc1ccc(CC2(CNC(C)=O)CCC2)cc1. The molecule has 0 bridgehead atoms. The summed E-state index contributed by atoms with van der Waals surface area (Å²) in [5, 5.41) is 2.95. The summed E-state index contributed by atoms with van der Waals surface area (Å²) in [5.41, 5.74) is 2.44. The van der Waals surface area contributed by atoms with Crippen molar-refractivity contribution >= 4 is 11.9 Å². The van der Waals surface area contributed by atoms with E-state index in [0.29, 0.717) is 6.42 Å². The fourth-order valence-electron chi connectivity index (χ4n) is 2.85. The van der Waals surface area contributed by atoms with E-state index < -0.39 is 0 Å². The van der Waals surface area contributed by atoms with Gasteiger partial charge in [-0.25, -0.2) is 0 Å². The lowest BCUT2D eigenvalue weighted by Gasteiger charge is -2.42. The number of hydrogen-bond acceptors (Lipinski definition) is 3. The Labute approximate surface area is 125 Å². The lowest BCUT2D eigenvalue weighted by molar-refractivity contribution is -0.139. The molecule has 0 saturated heterocycles. The van der Waals surface area contributed by atoms with Gasteiger partial charge in [0.15, 0.2) is 0 Å². The summed E-state index contributed by atoms with van der Waals surface area (Å²) in [5.74, 6) is -0.182. The van der Waals surface area contributed by atoms with Gasteiger partial charge in [0, 0.05) is 13.5 Å². The minimum atomic E-state index is -0.219. The summed E-state index contributed by atoms with van der Waals surface area (Å²) in [6.45, 7) is 2.32. The molecule has 1 fully saturated rings. The maximum atomic E-state index is 11.2. The third kappa shape index (κ3) is 4.31. The number of rotatable bonds is 6. The molecule has 0 spiro atoms. The van der Waals surface area contributed by atoms with Gasteiger partial charge in [-0.1, -0.05) is 30.7 Å². The van der Waals surface area contributed by atoms with Crippen molar-refractivity contribution in [2.75, 3.05) is 13.7 Å². The van der Waals surface area contributed by atoms with Gasteiger partial charge in [0.25, 0.3) is 0 Å². The molecule has 0 atom stereocenters. The summed E-state index contributed by atoms with van der Waals surface area (Å²) >= 11 is 0. The minimum Gasteiger partial charge on any atom is -0.469 e. The first-order chi connectivity index (χ1) is 10.0. The molecular weight excluding hydrogens is 266 g/mol. The Hall–Kier alpha value is -1.84. The van der Waals surface area contributed by atoms with Gasteiger partial charge in [0.05, 0.1) is 13.5 Å². The predicted octanol–water partition coefficient (Wildman–Crippen LogP) is 2.25. The normalized spacial score (nSPS) is 15.9. The predicted molar refractivity (Wildman–Crippen MR) is 80.8 cm³/mol. The molecule has 1 aliphatic carbocycles. The Bertz CT molecular complexity index is 503. The van der Waals surface area contributed by atoms with Crippen LogP contribution >= 0.6 is 0 Å². The highest BCUT2D eigenvalue weighted by atomic mass is 16.5. The van der Waals surface area contributed by atoms with Crippen molar-refractivity contribution in [3.05, 3.63) is 35.4 Å². The molecule has 0 unspecified atom stereocenters. The molecule has 4 nitrogen and oxygen atoms in total. The van der Waals surface area contributed by atoms with Crippen LogP contribution in [-0.4, -0.2) is 25.5 Å². The van der Waals surface area contributed by atoms with Crippen molar-refractivity contribution in [2.24, 2.45) is 5.41 Å². The van der Waals surface area contributed by atoms with Gasteiger partial charge in [0.2, 0.25) is 5.91 Å². The molecule has 0 heterocycles. The Kier molecular flexibility index (Phi) is 4.99. The van der Waals surface area contributed by atoms with E-state index in [2.05, 4.69) is 22.2 Å². The molecule has 0 aromatic heterocycles.